The molecule has 5 nitrogen and oxygen atoms in total. The van der Waals surface area contributed by atoms with Gasteiger partial charge in [0, 0.05) is 13.2 Å². The van der Waals surface area contributed by atoms with Gasteiger partial charge in [-0.05, 0) is 25.0 Å². The molecule has 0 radical (unpaired) electrons. The molecule has 2 heterocycles. The van der Waals surface area contributed by atoms with Crippen LogP contribution in [-0.2, 0) is 20.3 Å². The van der Waals surface area contributed by atoms with Gasteiger partial charge in [0.2, 0.25) is 0 Å². The van der Waals surface area contributed by atoms with Crippen LogP contribution < -0.4 is 0 Å². The van der Waals surface area contributed by atoms with Crippen molar-refractivity contribution >= 4 is 16.1 Å². The normalized spacial score (nSPS) is 18.1. The van der Waals surface area contributed by atoms with Gasteiger partial charge in [-0.25, -0.2) is 8.42 Å². The first-order valence-electron chi connectivity index (χ1n) is 5.45. The Hall–Kier alpha value is -1.14. The Bertz CT molecular complexity index is 482. The molecular weight excluding hydrogens is 244 g/mol. The highest BCUT2D eigenvalue weighted by Gasteiger charge is 2.28. The van der Waals surface area contributed by atoms with Crippen molar-refractivity contribution in [3.05, 3.63) is 23.7 Å². The number of hydrogen-bond acceptors (Lipinski definition) is 5. The topological polar surface area (TPSA) is 73.6 Å². The number of hydrogen-bond donors (Lipinski definition) is 0. The third-order valence-electron chi connectivity index (χ3n) is 2.82. The van der Waals surface area contributed by atoms with Gasteiger partial charge in [0.05, 0.1) is 5.25 Å². The van der Waals surface area contributed by atoms with E-state index in [-0.39, 0.29) is 16.8 Å². The predicted molar refractivity (Wildman–Crippen MR) is 60.6 cm³/mol. The predicted octanol–water partition coefficient (Wildman–Crippen LogP) is 1.19. The van der Waals surface area contributed by atoms with Crippen LogP contribution in [0.5, 0.6) is 0 Å². The lowest BCUT2D eigenvalue weighted by Gasteiger charge is -2.21. The van der Waals surface area contributed by atoms with Crippen LogP contribution in [0.4, 0.5) is 0 Å². The summed E-state index contributed by atoms with van der Waals surface area (Å²) in [4.78, 5) is 10.4. The first-order chi connectivity index (χ1) is 8.12. The van der Waals surface area contributed by atoms with E-state index in [1.54, 1.807) is 0 Å². The summed E-state index contributed by atoms with van der Waals surface area (Å²) >= 11 is 0. The van der Waals surface area contributed by atoms with Crippen molar-refractivity contribution in [3.63, 3.8) is 0 Å². The maximum atomic E-state index is 12.0. The summed E-state index contributed by atoms with van der Waals surface area (Å²) < 4.78 is 34.3. The fraction of sp³-hybridized carbons (Fsp3) is 0.545. The summed E-state index contributed by atoms with van der Waals surface area (Å²) in [5, 5.41) is -0.360. The van der Waals surface area contributed by atoms with E-state index < -0.39 is 9.84 Å². The molecule has 0 saturated carbocycles. The lowest BCUT2D eigenvalue weighted by Crippen LogP contribution is -2.29. The molecule has 0 N–H and O–H groups in total. The highest BCUT2D eigenvalue weighted by molar-refractivity contribution is 7.91. The van der Waals surface area contributed by atoms with Crippen LogP contribution in [0.25, 0.3) is 0 Å². The average Bonchev–Trinajstić information content (AvgIpc) is 2.77. The fourth-order valence-electron chi connectivity index (χ4n) is 1.89. The second kappa shape index (κ2) is 5.01. The lowest BCUT2D eigenvalue weighted by molar-refractivity contribution is 0.0983. The first-order valence-corrected chi connectivity index (χ1v) is 7.16. The summed E-state index contributed by atoms with van der Waals surface area (Å²) in [6, 6.07) is 3.00. The molecule has 1 aliphatic heterocycles. The molecule has 6 heteroatoms. The Kier molecular flexibility index (Phi) is 3.63. The van der Waals surface area contributed by atoms with Gasteiger partial charge in [-0.15, -0.1) is 0 Å². The SMILES string of the molecule is O=Cc1ccc(CS(=O)(=O)C2CCOCC2)o1. The molecule has 1 aliphatic rings. The first kappa shape index (κ1) is 12.3. The minimum absolute atomic E-state index is 0.147. The van der Waals surface area contributed by atoms with Crippen molar-refractivity contribution < 1.29 is 22.4 Å². The van der Waals surface area contributed by atoms with Crippen molar-refractivity contribution in [2.75, 3.05) is 13.2 Å². The van der Waals surface area contributed by atoms with Crippen LogP contribution in [0.2, 0.25) is 0 Å². The summed E-state index contributed by atoms with van der Waals surface area (Å²) in [6.07, 6.45) is 1.62. The summed E-state index contributed by atoms with van der Waals surface area (Å²) in [7, 11) is -3.22. The Labute approximate surface area is 99.7 Å². The minimum Gasteiger partial charge on any atom is -0.457 e. The molecule has 17 heavy (non-hydrogen) atoms. The third kappa shape index (κ3) is 2.95. The van der Waals surface area contributed by atoms with Crippen LogP contribution in [0, 0.1) is 0 Å². The quantitative estimate of drug-likeness (QED) is 0.758. The summed E-state index contributed by atoms with van der Waals surface area (Å²) in [5.74, 6) is 0.326. The van der Waals surface area contributed by atoms with Gasteiger partial charge in [-0.1, -0.05) is 0 Å². The lowest BCUT2D eigenvalue weighted by atomic mass is 10.2. The minimum atomic E-state index is -3.22. The molecule has 1 fully saturated rings. The zero-order valence-electron chi connectivity index (χ0n) is 9.29. The molecule has 0 aliphatic carbocycles. The second-order valence-corrected chi connectivity index (χ2v) is 6.32. The van der Waals surface area contributed by atoms with Crippen LogP contribution in [-0.4, -0.2) is 33.2 Å². The van der Waals surface area contributed by atoms with E-state index in [1.165, 1.54) is 12.1 Å². The Morgan fingerprint density at radius 2 is 2.00 bits per heavy atom. The molecule has 0 aromatic carbocycles. The molecule has 1 aromatic rings. The molecule has 0 atom stereocenters. The Morgan fingerprint density at radius 3 is 2.59 bits per heavy atom. The van der Waals surface area contributed by atoms with E-state index in [1.807, 2.05) is 0 Å². The Morgan fingerprint density at radius 1 is 1.29 bits per heavy atom. The molecule has 2 rings (SSSR count). The van der Waals surface area contributed by atoms with Crippen LogP contribution in [0.1, 0.15) is 29.2 Å². The molecule has 1 aromatic heterocycles. The maximum Gasteiger partial charge on any atom is 0.185 e. The van der Waals surface area contributed by atoms with Crippen LogP contribution >= 0.6 is 0 Å². The molecule has 0 unspecified atom stereocenters. The van der Waals surface area contributed by atoms with Crippen molar-refractivity contribution in [1.82, 2.24) is 0 Å². The second-order valence-electron chi connectivity index (χ2n) is 4.04. The van der Waals surface area contributed by atoms with Gasteiger partial charge in [0.1, 0.15) is 11.5 Å². The zero-order valence-corrected chi connectivity index (χ0v) is 10.1. The van der Waals surface area contributed by atoms with Crippen LogP contribution in [0.15, 0.2) is 16.5 Å². The van der Waals surface area contributed by atoms with E-state index in [0.29, 0.717) is 38.1 Å². The standard InChI is InChI=1S/C11H14O5S/c12-7-9-1-2-10(16-9)8-17(13,14)11-3-5-15-6-4-11/h1-2,7,11H,3-6,8H2. The highest BCUT2D eigenvalue weighted by Crippen LogP contribution is 2.20. The summed E-state index contributed by atoms with van der Waals surface area (Å²) in [5.41, 5.74) is 0. The number of rotatable bonds is 4. The van der Waals surface area contributed by atoms with Crippen molar-refractivity contribution in [2.24, 2.45) is 0 Å². The number of carbonyl (C=O) groups is 1. The zero-order chi connectivity index (χ0) is 12.3. The van der Waals surface area contributed by atoms with Crippen LogP contribution in [0.3, 0.4) is 0 Å². The number of ether oxygens (including phenoxy) is 1. The Balaban J connectivity index is 2.08. The molecule has 0 spiro atoms. The van der Waals surface area contributed by atoms with E-state index in [0.717, 1.165) is 0 Å². The van der Waals surface area contributed by atoms with E-state index in [4.69, 9.17) is 9.15 Å². The highest BCUT2D eigenvalue weighted by atomic mass is 32.2. The van der Waals surface area contributed by atoms with Gasteiger partial charge in [-0.2, -0.15) is 0 Å². The summed E-state index contributed by atoms with van der Waals surface area (Å²) in [6.45, 7) is 0.975. The van der Waals surface area contributed by atoms with Gasteiger partial charge >= 0.3 is 0 Å². The maximum absolute atomic E-state index is 12.0. The fourth-order valence-corrected chi connectivity index (χ4v) is 3.58. The van der Waals surface area contributed by atoms with Crippen molar-refractivity contribution in [2.45, 2.75) is 23.8 Å². The van der Waals surface area contributed by atoms with E-state index in [9.17, 15) is 13.2 Å². The number of sulfone groups is 1. The van der Waals surface area contributed by atoms with Crippen molar-refractivity contribution in [3.8, 4) is 0 Å². The number of carbonyl (C=O) groups excluding carboxylic acids is 1. The third-order valence-corrected chi connectivity index (χ3v) is 4.99. The molecule has 94 valence electrons. The van der Waals surface area contributed by atoms with Gasteiger partial charge < -0.3 is 9.15 Å². The van der Waals surface area contributed by atoms with E-state index in [2.05, 4.69) is 0 Å². The van der Waals surface area contributed by atoms with Gasteiger partial charge in [-0.3, -0.25) is 4.79 Å². The van der Waals surface area contributed by atoms with Gasteiger partial charge in [0.15, 0.2) is 21.9 Å². The average molecular weight is 258 g/mol. The molecule has 0 bridgehead atoms. The largest absolute Gasteiger partial charge is 0.457 e. The van der Waals surface area contributed by atoms with Crippen molar-refractivity contribution in [1.29, 1.82) is 0 Å². The molecular formula is C11H14O5S. The molecule has 1 saturated heterocycles. The van der Waals surface area contributed by atoms with E-state index >= 15 is 0 Å². The number of aldehydes is 1. The smallest absolute Gasteiger partial charge is 0.185 e. The monoisotopic (exact) mass is 258 g/mol. The van der Waals surface area contributed by atoms with Gasteiger partial charge in [0.25, 0.3) is 0 Å². The number of furan rings is 1. The molecule has 0 amide bonds.